The van der Waals surface area contributed by atoms with Crippen LogP contribution in [0.15, 0.2) is 30.3 Å². The van der Waals surface area contributed by atoms with E-state index >= 15 is 0 Å². The minimum absolute atomic E-state index is 0.268. The minimum Gasteiger partial charge on any atom is -0.353 e. The van der Waals surface area contributed by atoms with Gasteiger partial charge in [-0.05, 0) is 31.0 Å². The molecule has 142 valence electrons. The molecule has 2 amide bonds. The number of amides is 2. The van der Waals surface area contributed by atoms with Crippen LogP contribution in [0.4, 0.5) is 10.2 Å². The SMILES string of the molecule is Cc1nc(C(=O)NCCc2ccc(F)cc2)cc(N2CCN(C=O)CC2)n1. The Bertz CT molecular complexity index is 804. The molecule has 1 saturated heterocycles. The van der Waals surface area contributed by atoms with Crippen molar-refractivity contribution in [1.82, 2.24) is 20.2 Å². The first-order valence-corrected chi connectivity index (χ1v) is 8.88. The van der Waals surface area contributed by atoms with E-state index in [0.29, 0.717) is 56.5 Å². The maximum absolute atomic E-state index is 12.9. The smallest absolute Gasteiger partial charge is 0.270 e. The first-order valence-electron chi connectivity index (χ1n) is 8.88. The quantitative estimate of drug-likeness (QED) is 0.772. The Morgan fingerprint density at radius 3 is 2.56 bits per heavy atom. The van der Waals surface area contributed by atoms with Crippen molar-refractivity contribution >= 4 is 18.1 Å². The summed E-state index contributed by atoms with van der Waals surface area (Å²) in [4.78, 5) is 35.7. The third-order valence-corrected chi connectivity index (χ3v) is 4.46. The summed E-state index contributed by atoms with van der Waals surface area (Å²) in [6, 6.07) is 7.89. The van der Waals surface area contributed by atoms with Crippen molar-refractivity contribution < 1.29 is 14.0 Å². The first-order chi connectivity index (χ1) is 13.0. The largest absolute Gasteiger partial charge is 0.353 e. The van der Waals surface area contributed by atoms with Gasteiger partial charge in [0.25, 0.3) is 5.91 Å². The number of benzene rings is 1. The van der Waals surface area contributed by atoms with Gasteiger partial charge in [0.1, 0.15) is 23.2 Å². The molecule has 1 aromatic heterocycles. The average molecular weight is 371 g/mol. The molecule has 2 heterocycles. The third-order valence-electron chi connectivity index (χ3n) is 4.46. The van der Waals surface area contributed by atoms with Crippen LogP contribution in [0.3, 0.4) is 0 Å². The van der Waals surface area contributed by atoms with Crippen LogP contribution < -0.4 is 10.2 Å². The van der Waals surface area contributed by atoms with Gasteiger partial charge in [-0.2, -0.15) is 0 Å². The predicted molar refractivity (Wildman–Crippen MR) is 99.1 cm³/mol. The van der Waals surface area contributed by atoms with Crippen molar-refractivity contribution in [3.8, 4) is 0 Å². The molecule has 0 aliphatic carbocycles. The first kappa shape index (κ1) is 18.8. The lowest BCUT2D eigenvalue weighted by Crippen LogP contribution is -2.46. The van der Waals surface area contributed by atoms with Crippen LogP contribution in [0, 0.1) is 12.7 Å². The van der Waals surface area contributed by atoms with Crippen LogP contribution in [0.5, 0.6) is 0 Å². The van der Waals surface area contributed by atoms with Crippen LogP contribution in [0.1, 0.15) is 21.9 Å². The van der Waals surface area contributed by atoms with Gasteiger partial charge >= 0.3 is 0 Å². The molecular weight excluding hydrogens is 349 g/mol. The van der Waals surface area contributed by atoms with Gasteiger partial charge in [0.05, 0.1) is 0 Å². The molecule has 27 heavy (non-hydrogen) atoms. The number of hydrogen-bond acceptors (Lipinski definition) is 5. The van der Waals surface area contributed by atoms with Gasteiger partial charge in [-0.15, -0.1) is 0 Å². The van der Waals surface area contributed by atoms with Gasteiger partial charge in [0.15, 0.2) is 0 Å². The normalized spacial score (nSPS) is 14.1. The fourth-order valence-corrected chi connectivity index (χ4v) is 2.95. The molecule has 0 radical (unpaired) electrons. The molecular formula is C19H22FN5O2. The zero-order valence-corrected chi connectivity index (χ0v) is 15.2. The summed E-state index contributed by atoms with van der Waals surface area (Å²) in [6.45, 7) is 4.78. The van der Waals surface area contributed by atoms with Gasteiger partial charge in [-0.25, -0.2) is 14.4 Å². The highest BCUT2D eigenvalue weighted by Gasteiger charge is 2.19. The Morgan fingerprint density at radius 1 is 1.19 bits per heavy atom. The van der Waals surface area contributed by atoms with Crippen molar-refractivity contribution in [2.24, 2.45) is 0 Å². The van der Waals surface area contributed by atoms with Gasteiger partial charge in [-0.3, -0.25) is 9.59 Å². The molecule has 1 aliphatic rings. The Labute approximate surface area is 157 Å². The average Bonchev–Trinajstić information content (AvgIpc) is 2.69. The summed E-state index contributed by atoms with van der Waals surface area (Å²) < 4.78 is 12.9. The number of nitrogens with one attached hydrogen (secondary N) is 1. The molecule has 2 aromatic rings. The number of rotatable bonds is 6. The van der Waals surface area contributed by atoms with E-state index in [4.69, 9.17) is 0 Å². The van der Waals surface area contributed by atoms with Crippen molar-refractivity contribution in [3.05, 3.63) is 53.2 Å². The Balaban J connectivity index is 1.60. The minimum atomic E-state index is -0.277. The second kappa shape index (κ2) is 8.57. The zero-order valence-electron chi connectivity index (χ0n) is 15.2. The monoisotopic (exact) mass is 371 g/mol. The number of halogens is 1. The topological polar surface area (TPSA) is 78.4 Å². The van der Waals surface area contributed by atoms with E-state index in [1.165, 1.54) is 12.1 Å². The third kappa shape index (κ3) is 4.99. The second-order valence-corrected chi connectivity index (χ2v) is 6.42. The molecule has 8 heteroatoms. The van der Waals surface area contributed by atoms with E-state index in [2.05, 4.69) is 15.3 Å². The number of piperazine rings is 1. The van der Waals surface area contributed by atoms with Crippen molar-refractivity contribution in [2.45, 2.75) is 13.3 Å². The summed E-state index contributed by atoms with van der Waals surface area (Å²) in [6.07, 6.45) is 1.46. The van der Waals surface area contributed by atoms with Crippen LogP contribution in [-0.2, 0) is 11.2 Å². The predicted octanol–water partition coefficient (Wildman–Crippen LogP) is 1.18. The highest BCUT2D eigenvalue weighted by Crippen LogP contribution is 2.15. The number of carbonyl (C=O) groups is 2. The maximum Gasteiger partial charge on any atom is 0.270 e. The summed E-state index contributed by atoms with van der Waals surface area (Å²) in [5.74, 6) is 0.668. The fourth-order valence-electron chi connectivity index (χ4n) is 2.95. The fraction of sp³-hybridized carbons (Fsp3) is 0.368. The van der Waals surface area contributed by atoms with Gasteiger partial charge < -0.3 is 15.1 Å². The van der Waals surface area contributed by atoms with Gasteiger partial charge in [0, 0.05) is 38.8 Å². The van der Waals surface area contributed by atoms with E-state index in [1.807, 2.05) is 4.90 Å². The highest BCUT2D eigenvalue weighted by atomic mass is 19.1. The summed E-state index contributed by atoms with van der Waals surface area (Å²) >= 11 is 0. The Kier molecular flexibility index (Phi) is 5.95. The lowest BCUT2D eigenvalue weighted by atomic mass is 10.1. The molecule has 1 fully saturated rings. The number of aryl methyl sites for hydroxylation is 1. The summed E-state index contributed by atoms with van der Waals surface area (Å²) in [5.41, 5.74) is 1.26. The molecule has 1 aliphatic heterocycles. The number of anilines is 1. The highest BCUT2D eigenvalue weighted by molar-refractivity contribution is 5.93. The standard InChI is InChI=1S/C19H22FN5O2/c1-14-22-17(12-18(23-14)25-10-8-24(13-26)9-11-25)19(27)21-7-6-15-2-4-16(20)5-3-15/h2-5,12-13H,6-11H2,1H3,(H,21,27). The molecule has 0 spiro atoms. The zero-order chi connectivity index (χ0) is 19.2. The van der Waals surface area contributed by atoms with Crippen molar-refractivity contribution in [3.63, 3.8) is 0 Å². The molecule has 1 aromatic carbocycles. The molecule has 0 unspecified atom stereocenters. The Hall–Kier alpha value is -3.03. The van der Waals surface area contributed by atoms with Crippen molar-refractivity contribution in [1.29, 1.82) is 0 Å². The van der Waals surface area contributed by atoms with Gasteiger partial charge in [0.2, 0.25) is 6.41 Å². The van der Waals surface area contributed by atoms with E-state index in [-0.39, 0.29) is 11.7 Å². The van der Waals surface area contributed by atoms with Gasteiger partial charge in [-0.1, -0.05) is 12.1 Å². The number of carbonyl (C=O) groups excluding carboxylic acids is 2. The van der Waals surface area contributed by atoms with E-state index in [1.54, 1.807) is 30.0 Å². The summed E-state index contributed by atoms with van der Waals surface area (Å²) in [5, 5.41) is 2.84. The maximum atomic E-state index is 12.9. The second-order valence-electron chi connectivity index (χ2n) is 6.42. The lowest BCUT2D eigenvalue weighted by molar-refractivity contribution is -0.118. The number of hydrogen-bond donors (Lipinski definition) is 1. The molecule has 0 atom stereocenters. The van der Waals surface area contributed by atoms with Crippen LogP contribution in [0.2, 0.25) is 0 Å². The summed E-state index contributed by atoms with van der Waals surface area (Å²) in [7, 11) is 0. The molecule has 0 saturated carbocycles. The number of aromatic nitrogens is 2. The van der Waals surface area contributed by atoms with E-state index in [9.17, 15) is 14.0 Å². The molecule has 7 nitrogen and oxygen atoms in total. The molecule has 3 rings (SSSR count). The molecule has 1 N–H and O–H groups in total. The molecule has 0 bridgehead atoms. The van der Waals surface area contributed by atoms with Crippen LogP contribution in [0.25, 0.3) is 0 Å². The Morgan fingerprint density at radius 2 is 1.89 bits per heavy atom. The lowest BCUT2D eigenvalue weighted by Gasteiger charge is -2.33. The van der Waals surface area contributed by atoms with Crippen molar-refractivity contribution in [2.75, 3.05) is 37.6 Å². The van der Waals surface area contributed by atoms with Crippen LogP contribution >= 0.6 is 0 Å². The number of nitrogens with zero attached hydrogens (tertiary/aromatic N) is 4. The van der Waals surface area contributed by atoms with E-state index < -0.39 is 0 Å². The van der Waals surface area contributed by atoms with Crippen LogP contribution in [-0.4, -0.2) is 59.9 Å². The van der Waals surface area contributed by atoms with E-state index in [0.717, 1.165) is 12.0 Å².